The van der Waals surface area contributed by atoms with E-state index in [9.17, 15) is 4.79 Å². The molecule has 1 amide bonds. The number of amides is 1. The van der Waals surface area contributed by atoms with Gasteiger partial charge in [-0.2, -0.15) is 0 Å². The average molecular weight is 326 g/mol. The zero-order valence-electron chi connectivity index (χ0n) is 14.0. The van der Waals surface area contributed by atoms with Crippen molar-refractivity contribution in [1.82, 2.24) is 0 Å². The number of ether oxygens (including phenoxy) is 2. The van der Waals surface area contributed by atoms with Crippen molar-refractivity contribution in [3.05, 3.63) is 23.8 Å². The van der Waals surface area contributed by atoms with Crippen LogP contribution in [0, 0.1) is 11.8 Å². The molecule has 2 saturated heterocycles. The molecule has 1 aliphatic carbocycles. The standard InChI is InChI=1S/C19H22N2O3/c1-3-14-11-7-17-19(8-16(20-14)12(11)9-24-17)13-5-4-10(23-2)6-15(13)21-18(19)22/h4-6,11-12,16-17H,3,7-9H2,1-2H3,(H,21,22)/t11-,12+,16+,17-,19+/m1/s1. The third-order valence-electron chi connectivity index (χ3n) is 6.53. The summed E-state index contributed by atoms with van der Waals surface area (Å²) < 4.78 is 11.5. The lowest BCUT2D eigenvalue weighted by Crippen LogP contribution is -2.49. The lowest BCUT2D eigenvalue weighted by molar-refractivity contribution is -0.129. The highest BCUT2D eigenvalue weighted by atomic mass is 16.5. The first-order valence-electron chi connectivity index (χ1n) is 8.85. The number of hydrogen-bond donors (Lipinski definition) is 1. The Hall–Kier alpha value is -1.88. The van der Waals surface area contributed by atoms with Gasteiger partial charge in [0.15, 0.2) is 0 Å². The van der Waals surface area contributed by atoms with Crippen molar-refractivity contribution < 1.29 is 14.3 Å². The molecule has 5 heteroatoms. The monoisotopic (exact) mass is 326 g/mol. The Bertz CT molecular complexity index is 759. The van der Waals surface area contributed by atoms with E-state index in [1.807, 2.05) is 18.2 Å². The molecule has 1 N–H and O–H groups in total. The third-order valence-corrected chi connectivity index (χ3v) is 6.53. The number of methoxy groups -OCH3 is 1. The second-order valence-corrected chi connectivity index (χ2v) is 7.41. The Morgan fingerprint density at radius 2 is 2.33 bits per heavy atom. The van der Waals surface area contributed by atoms with Gasteiger partial charge >= 0.3 is 0 Å². The van der Waals surface area contributed by atoms with E-state index in [0.29, 0.717) is 11.8 Å². The molecular formula is C19H22N2O3. The van der Waals surface area contributed by atoms with E-state index in [2.05, 4.69) is 12.2 Å². The Kier molecular flexibility index (Phi) is 2.90. The predicted octanol–water partition coefficient (Wildman–Crippen LogP) is 2.54. The van der Waals surface area contributed by atoms with Crippen molar-refractivity contribution in [2.24, 2.45) is 16.8 Å². The molecule has 1 aromatic carbocycles. The highest BCUT2D eigenvalue weighted by Gasteiger charge is 2.62. The highest BCUT2D eigenvalue weighted by molar-refractivity contribution is 6.07. The first-order valence-corrected chi connectivity index (χ1v) is 8.85. The highest BCUT2D eigenvalue weighted by Crippen LogP contribution is 2.55. The van der Waals surface area contributed by atoms with Crippen molar-refractivity contribution in [3.63, 3.8) is 0 Å². The zero-order chi connectivity index (χ0) is 16.5. The van der Waals surface area contributed by atoms with Crippen molar-refractivity contribution >= 4 is 17.3 Å². The summed E-state index contributed by atoms with van der Waals surface area (Å²) in [5.74, 6) is 1.77. The number of benzene rings is 1. The number of carbonyl (C=O) groups excluding carboxylic acids is 1. The van der Waals surface area contributed by atoms with Crippen molar-refractivity contribution in [2.45, 2.75) is 43.7 Å². The maximum absolute atomic E-state index is 13.1. The van der Waals surface area contributed by atoms with Gasteiger partial charge in [0.1, 0.15) is 11.2 Å². The number of rotatable bonds is 2. The van der Waals surface area contributed by atoms with E-state index in [1.165, 1.54) is 5.71 Å². The Morgan fingerprint density at radius 1 is 1.46 bits per heavy atom. The van der Waals surface area contributed by atoms with Crippen LogP contribution in [0.1, 0.15) is 31.7 Å². The average Bonchev–Trinajstić information content (AvgIpc) is 2.98. The Morgan fingerprint density at radius 3 is 3.12 bits per heavy atom. The first kappa shape index (κ1) is 14.5. The molecule has 4 heterocycles. The van der Waals surface area contributed by atoms with E-state index in [-0.39, 0.29) is 18.1 Å². The molecule has 4 aliphatic heterocycles. The molecule has 0 unspecified atom stereocenters. The van der Waals surface area contributed by atoms with Gasteiger partial charge in [-0.25, -0.2) is 0 Å². The molecule has 6 rings (SSSR count). The van der Waals surface area contributed by atoms with Gasteiger partial charge in [0.2, 0.25) is 5.91 Å². The number of carbonyl (C=O) groups is 1. The quantitative estimate of drug-likeness (QED) is 0.908. The number of hydrogen-bond acceptors (Lipinski definition) is 4. The van der Waals surface area contributed by atoms with Crippen LogP contribution in [0.2, 0.25) is 0 Å². The van der Waals surface area contributed by atoms with Gasteiger partial charge in [-0.1, -0.05) is 13.0 Å². The summed E-state index contributed by atoms with van der Waals surface area (Å²) in [5.41, 5.74) is 2.66. The molecule has 4 bridgehead atoms. The van der Waals surface area contributed by atoms with Gasteiger partial charge < -0.3 is 14.8 Å². The third kappa shape index (κ3) is 1.63. The Labute approximate surface area is 141 Å². The largest absolute Gasteiger partial charge is 0.497 e. The summed E-state index contributed by atoms with van der Waals surface area (Å²) in [6, 6.07) is 6.10. The molecule has 5 nitrogen and oxygen atoms in total. The number of anilines is 1. The van der Waals surface area contributed by atoms with E-state index in [0.717, 1.165) is 42.9 Å². The van der Waals surface area contributed by atoms with Gasteiger partial charge in [0, 0.05) is 29.3 Å². The van der Waals surface area contributed by atoms with E-state index >= 15 is 0 Å². The van der Waals surface area contributed by atoms with Gasteiger partial charge in [-0.05, 0) is 30.9 Å². The van der Waals surface area contributed by atoms with Gasteiger partial charge in [-0.3, -0.25) is 9.79 Å². The summed E-state index contributed by atoms with van der Waals surface area (Å²) in [4.78, 5) is 18.1. The number of nitrogens with one attached hydrogen (secondary N) is 1. The summed E-state index contributed by atoms with van der Waals surface area (Å²) >= 11 is 0. The minimum absolute atomic E-state index is 0.0598. The van der Waals surface area contributed by atoms with Crippen LogP contribution in [0.4, 0.5) is 5.69 Å². The normalized spacial score (nSPS) is 38.8. The van der Waals surface area contributed by atoms with Crippen LogP contribution in [-0.4, -0.2) is 37.5 Å². The zero-order valence-corrected chi connectivity index (χ0v) is 14.0. The predicted molar refractivity (Wildman–Crippen MR) is 90.8 cm³/mol. The smallest absolute Gasteiger partial charge is 0.237 e. The SMILES string of the molecule is CCC1=N[C@H]2C[C@@]3(C(=O)Nc4cc(OC)ccc43)[C@H]3C[C@@H]1[C@@H]2CO3. The lowest BCUT2D eigenvalue weighted by Gasteiger charge is -2.38. The fraction of sp³-hybridized carbons (Fsp3) is 0.579. The maximum atomic E-state index is 13.1. The molecule has 126 valence electrons. The topological polar surface area (TPSA) is 59.9 Å². The minimum Gasteiger partial charge on any atom is -0.497 e. The molecule has 3 fully saturated rings. The van der Waals surface area contributed by atoms with Gasteiger partial charge in [0.25, 0.3) is 0 Å². The summed E-state index contributed by atoms with van der Waals surface area (Å²) in [6.07, 6.45) is 2.62. The second kappa shape index (κ2) is 4.82. The van der Waals surface area contributed by atoms with Crippen LogP contribution in [-0.2, 0) is 14.9 Å². The molecule has 5 aliphatic rings. The number of nitrogens with zero attached hydrogens (tertiary/aromatic N) is 1. The first-order chi connectivity index (χ1) is 11.7. The second-order valence-electron chi connectivity index (χ2n) is 7.41. The molecule has 24 heavy (non-hydrogen) atoms. The molecule has 5 atom stereocenters. The van der Waals surface area contributed by atoms with Crippen molar-refractivity contribution in [1.29, 1.82) is 0 Å². The van der Waals surface area contributed by atoms with Crippen molar-refractivity contribution in [2.75, 3.05) is 19.0 Å². The number of fused-ring (bicyclic) bond motifs is 2. The molecular weight excluding hydrogens is 304 g/mol. The summed E-state index contributed by atoms with van der Waals surface area (Å²) in [5, 5.41) is 3.08. The molecule has 0 radical (unpaired) electrons. The fourth-order valence-electron chi connectivity index (χ4n) is 5.36. The van der Waals surface area contributed by atoms with Gasteiger partial charge in [-0.15, -0.1) is 0 Å². The summed E-state index contributed by atoms with van der Waals surface area (Å²) in [6.45, 7) is 2.91. The van der Waals surface area contributed by atoms with Crippen LogP contribution < -0.4 is 10.1 Å². The van der Waals surface area contributed by atoms with E-state index in [4.69, 9.17) is 14.5 Å². The summed E-state index contributed by atoms with van der Waals surface area (Å²) in [7, 11) is 1.64. The van der Waals surface area contributed by atoms with Crippen LogP contribution in [0.5, 0.6) is 5.75 Å². The van der Waals surface area contributed by atoms with Crippen LogP contribution in [0.25, 0.3) is 0 Å². The van der Waals surface area contributed by atoms with E-state index < -0.39 is 5.41 Å². The molecule has 1 saturated carbocycles. The fourth-order valence-corrected chi connectivity index (χ4v) is 5.36. The van der Waals surface area contributed by atoms with E-state index in [1.54, 1.807) is 7.11 Å². The molecule has 1 spiro atoms. The maximum Gasteiger partial charge on any atom is 0.237 e. The van der Waals surface area contributed by atoms with Crippen LogP contribution >= 0.6 is 0 Å². The van der Waals surface area contributed by atoms with Crippen LogP contribution in [0.15, 0.2) is 23.2 Å². The van der Waals surface area contributed by atoms with Crippen LogP contribution in [0.3, 0.4) is 0 Å². The molecule has 0 aromatic heterocycles. The van der Waals surface area contributed by atoms with Gasteiger partial charge in [0.05, 0.1) is 25.9 Å². The number of aliphatic imine (C=N–C) groups is 1. The van der Waals surface area contributed by atoms with Crippen molar-refractivity contribution in [3.8, 4) is 5.75 Å². The molecule has 1 aromatic rings. The lowest BCUT2D eigenvalue weighted by atomic mass is 9.71. The minimum atomic E-state index is -0.599. The Balaban J connectivity index is 1.65.